The lowest BCUT2D eigenvalue weighted by Gasteiger charge is -2.20. The Hall–Kier alpha value is -2.92. The lowest BCUT2D eigenvalue weighted by molar-refractivity contribution is 0.587. The number of H-pyrrole nitrogens is 1. The molecule has 0 aromatic heterocycles. The standard InChI is InChI=1S/C23H22ClN3O2/c1-13(16-4-6-17(24)7-5-16)8-9-27-19-11-15(3)14(2)10-18(19)25-22-20(27)12-21(28)26-23(22)29/h4-7,10-13H,8-9H2,1-3H3,(H,26,28,29). The molecule has 1 atom stereocenters. The van der Waals surface area contributed by atoms with E-state index in [1.165, 1.54) is 11.6 Å². The van der Waals surface area contributed by atoms with Crippen molar-refractivity contribution in [3.63, 3.8) is 0 Å². The van der Waals surface area contributed by atoms with E-state index in [2.05, 4.69) is 29.9 Å². The molecule has 0 saturated carbocycles. The van der Waals surface area contributed by atoms with Gasteiger partial charge >= 0.3 is 0 Å². The minimum absolute atomic E-state index is 0.290. The van der Waals surface area contributed by atoms with Crippen LogP contribution in [-0.4, -0.2) is 14.5 Å². The number of fused-ring (bicyclic) bond motifs is 2. The minimum Gasteiger partial charge on any atom is -0.338 e. The molecule has 29 heavy (non-hydrogen) atoms. The summed E-state index contributed by atoms with van der Waals surface area (Å²) in [6.07, 6.45) is 0.842. The van der Waals surface area contributed by atoms with Crippen molar-refractivity contribution in [2.45, 2.75) is 39.7 Å². The fraction of sp³-hybridized carbons (Fsp3) is 0.261. The van der Waals surface area contributed by atoms with Gasteiger partial charge in [-0.05, 0) is 67.1 Å². The van der Waals surface area contributed by atoms with Gasteiger partial charge in [0.2, 0.25) is 0 Å². The van der Waals surface area contributed by atoms with Crippen molar-refractivity contribution in [3.05, 3.63) is 84.9 Å². The van der Waals surface area contributed by atoms with Gasteiger partial charge in [-0.15, -0.1) is 0 Å². The van der Waals surface area contributed by atoms with E-state index >= 15 is 0 Å². The molecule has 2 heterocycles. The molecule has 148 valence electrons. The molecule has 2 aliphatic heterocycles. The molecule has 0 fully saturated rings. The summed E-state index contributed by atoms with van der Waals surface area (Å²) >= 11 is 6.00. The van der Waals surface area contributed by atoms with Crippen LogP contribution in [0.3, 0.4) is 0 Å². The third kappa shape index (κ3) is 3.70. The van der Waals surface area contributed by atoms with Gasteiger partial charge in [0.05, 0.1) is 16.7 Å². The first kappa shape index (κ1) is 19.4. The van der Waals surface area contributed by atoms with Crippen LogP contribution in [-0.2, 0) is 6.54 Å². The molecule has 6 heteroatoms. The quantitative estimate of drug-likeness (QED) is 0.500. The summed E-state index contributed by atoms with van der Waals surface area (Å²) in [4.78, 5) is 31.3. The summed E-state index contributed by atoms with van der Waals surface area (Å²) < 4.78 is 2.05. The number of pyridine rings is 1. The predicted molar refractivity (Wildman–Crippen MR) is 117 cm³/mol. The van der Waals surface area contributed by atoms with Crippen LogP contribution in [0.1, 0.15) is 36.0 Å². The highest BCUT2D eigenvalue weighted by molar-refractivity contribution is 6.30. The second kappa shape index (κ2) is 7.48. The van der Waals surface area contributed by atoms with Crippen LogP contribution in [0.4, 0.5) is 0 Å². The van der Waals surface area contributed by atoms with Crippen molar-refractivity contribution in [2.75, 3.05) is 0 Å². The summed E-state index contributed by atoms with van der Waals surface area (Å²) in [7, 11) is 0. The number of rotatable bonds is 4. The topological polar surface area (TPSA) is 67.8 Å². The smallest absolute Gasteiger partial charge is 0.278 e. The Kier molecular flexibility index (Phi) is 5.01. The zero-order valence-corrected chi connectivity index (χ0v) is 17.4. The number of aromatic amines is 1. The van der Waals surface area contributed by atoms with Crippen molar-refractivity contribution < 1.29 is 0 Å². The van der Waals surface area contributed by atoms with E-state index in [0.717, 1.165) is 33.6 Å². The molecule has 0 saturated heterocycles. The third-order valence-corrected chi connectivity index (χ3v) is 5.84. The molecule has 4 rings (SSSR count). The first-order valence-corrected chi connectivity index (χ1v) is 10.0. The van der Waals surface area contributed by atoms with Gasteiger partial charge in [-0.25, -0.2) is 4.98 Å². The first-order chi connectivity index (χ1) is 13.8. The van der Waals surface area contributed by atoms with Gasteiger partial charge in [0.1, 0.15) is 0 Å². The highest BCUT2D eigenvalue weighted by Crippen LogP contribution is 2.27. The Labute approximate surface area is 173 Å². The number of nitrogens with zero attached hydrogens (tertiary/aromatic N) is 2. The maximum atomic E-state index is 12.4. The second-order valence-corrected chi connectivity index (χ2v) is 8.06. The second-order valence-electron chi connectivity index (χ2n) is 7.63. The zero-order valence-electron chi connectivity index (χ0n) is 16.6. The number of benzene rings is 2. The van der Waals surface area contributed by atoms with Gasteiger partial charge in [-0.3, -0.25) is 14.6 Å². The third-order valence-electron chi connectivity index (χ3n) is 5.59. The fourth-order valence-electron chi connectivity index (χ4n) is 3.69. The number of halogens is 1. The normalized spacial score (nSPS) is 12.6. The summed E-state index contributed by atoms with van der Waals surface area (Å²) in [5, 5.41) is 0.717. The van der Waals surface area contributed by atoms with Gasteiger partial charge in [-0.2, -0.15) is 0 Å². The van der Waals surface area contributed by atoms with Crippen LogP contribution in [0.2, 0.25) is 5.02 Å². The Balaban J connectivity index is 1.83. The molecule has 0 amide bonds. The fourth-order valence-corrected chi connectivity index (χ4v) is 3.82. The summed E-state index contributed by atoms with van der Waals surface area (Å²) in [6.45, 7) is 6.90. The minimum atomic E-state index is -0.452. The summed E-state index contributed by atoms with van der Waals surface area (Å²) in [5.41, 5.74) is 5.13. The predicted octanol–water partition coefficient (Wildman–Crippen LogP) is 4.65. The van der Waals surface area contributed by atoms with Crippen molar-refractivity contribution in [3.8, 4) is 11.4 Å². The molecule has 0 radical (unpaired) electrons. The van der Waals surface area contributed by atoms with E-state index in [-0.39, 0.29) is 0 Å². The number of hydrogen-bond donors (Lipinski definition) is 1. The van der Waals surface area contributed by atoms with Gasteiger partial charge < -0.3 is 4.57 Å². The Morgan fingerprint density at radius 1 is 1.07 bits per heavy atom. The van der Waals surface area contributed by atoms with Gasteiger partial charge in [-0.1, -0.05) is 30.7 Å². The molecular weight excluding hydrogens is 386 g/mol. The van der Waals surface area contributed by atoms with E-state index < -0.39 is 11.1 Å². The lowest BCUT2D eigenvalue weighted by Crippen LogP contribution is -2.25. The van der Waals surface area contributed by atoms with Crippen molar-refractivity contribution in [2.24, 2.45) is 0 Å². The summed E-state index contributed by atoms with van der Waals surface area (Å²) in [5.74, 6) is 0.290. The molecule has 5 nitrogen and oxygen atoms in total. The maximum Gasteiger partial charge on any atom is 0.278 e. The van der Waals surface area contributed by atoms with Crippen LogP contribution >= 0.6 is 11.6 Å². The Morgan fingerprint density at radius 3 is 2.48 bits per heavy atom. The van der Waals surface area contributed by atoms with Gasteiger partial charge in [0, 0.05) is 17.6 Å². The molecule has 0 aliphatic carbocycles. The average molecular weight is 408 g/mol. The molecule has 1 N–H and O–H groups in total. The molecule has 2 aromatic rings. The molecule has 0 spiro atoms. The lowest BCUT2D eigenvalue weighted by atomic mass is 9.97. The molecule has 0 bridgehead atoms. The van der Waals surface area contributed by atoms with Gasteiger partial charge in [0.25, 0.3) is 11.1 Å². The van der Waals surface area contributed by atoms with Crippen molar-refractivity contribution in [1.29, 1.82) is 0 Å². The number of aromatic nitrogens is 3. The monoisotopic (exact) mass is 407 g/mol. The Morgan fingerprint density at radius 2 is 1.76 bits per heavy atom. The van der Waals surface area contributed by atoms with Crippen LogP contribution in [0.25, 0.3) is 22.4 Å². The van der Waals surface area contributed by atoms with E-state index in [1.807, 2.05) is 41.8 Å². The van der Waals surface area contributed by atoms with Crippen LogP contribution in [0, 0.1) is 13.8 Å². The number of aryl methyl sites for hydroxylation is 3. The van der Waals surface area contributed by atoms with Crippen LogP contribution in [0.15, 0.2) is 52.1 Å². The average Bonchev–Trinajstić information content (AvgIpc) is 2.67. The number of hydrogen-bond acceptors (Lipinski definition) is 3. The highest BCUT2D eigenvalue weighted by atomic mass is 35.5. The SMILES string of the molecule is Cc1cc2nc3c(=O)[nH]c(=O)cc-3n(CCC(C)c3ccc(Cl)cc3)c2cc1C. The maximum absolute atomic E-state index is 12.4. The van der Waals surface area contributed by atoms with Gasteiger partial charge in [0.15, 0.2) is 5.69 Å². The van der Waals surface area contributed by atoms with E-state index in [1.54, 1.807) is 0 Å². The van der Waals surface area contributed by atoms with Crippen LogP contribution < -0.4 is 11.1 Å². The molecule has 2 aliphatic rings. The zero-order chi connectivity index (χ0) is 20.7. The molecular formula is C23H22ClN3O2. The van der Waals surface area contributed by atoms with E-state index in [0.29, 0.717) is 23.9 Å². The highest BCUT2D eigenvalue weighted by Gasteiger charge is 2.18. The number of nitrogens with one attached hydrogen (secondary N) is 1. The molecule has 1 unspecified atom stereocenters. The van der Waals surface area contributed by atoms with Crippen molar-refractivity contribution >= 4 is 22.6 Å². The first-order valence-electron chi connectivity index (χ1n) is 9.64. The van der Waals surface area contributed by atoms with E-state index in [9.17, 15) is 9.59 Å². The Bertz CT molecular complexity index is 1290. The largest absolute Gasteiger partial charge is 0.338 e. The molecule has 2 aromatic carbocycles. The van der Waals surface area contributed by atoms with Crippen molar-refractivity contribution in [1.82, 2.24) is 14.5 Å². The van der Waals surface area contributed by atoms with E-state index in [4.69, 9.17) is 11.6 Å². The summed E-state index contributed by atoms with van der Waals surface area (Å²) in [6, 6.07) is 13.4. The van der Waals surface area contributed by atoms with Crippen LogP contribution in [0.5, 0.6) is 0 Å².